The van der Waals surface area contributed by atoms with E-state index in [0.29, 0.717) is 22.7 Å². The van der Waals surface area contributed by atoms with E-state index >= 15 is 0 Å². The van der Waals surface area contributed by atoms with Gasteiger partial charge in [-0.05, 0) is 18.1 Å². The highest BCUT2D eigenvalue weighted by molar-refractivity contribution is 6.31. The summed E-state index contributed by atoms with van der Waals surface area (Å²) in [5.41, 5.74) is 0.246. The zero-order valence-electron chi connectivity index (χ0n) is 9.51. The summed E-state index contributed by atoms with van der Waals surface area (Å²) in [6, 6.07) is 2.81. The first kappa shape index (κ1) is 14.2. The van der Waals surface area contributed by atoms with E-state index in [-0.39, 0.29) is 12.0 Å². The topological polar surface area (TPSA) is 12.9 Å². The van der Waals surface area contributed by atoms with Crippen LogP contribution in [0.25, 0.3) is 0 Å². The summed E-state index contributed by atoms with van der Waals surface area (Å²) in [4.78, 5) is 3.80. The van der Waals surface area contributed by atoms with Gasteiger partial charge < -0.3 is 0 Å². The molecule has 1 atom stereocenters. The molecule has 0 aliphatic carbocycles. The van der Waals surface area contributed by atoms with Crippen LogP contribution in [0.15, 0.2) is 30.6 Å². The summed E-state index contributed by atoms with van der Waals surface area (Å²) in [5.74, 6) is -3.00. The van der Waals surface area contributed by atoms with Gasteiger partial charge in [-0.25, -0.2) is 13.2 Å². The second kappa shape index (κ2) is 5.80. The highest BCUT2D eigenvalue weighted by atomic mass is 35.5. The molecule has 1 nitrogen and oxygen atoms in total. The standard InChI is InChI=1S/C13H8Cl2F3N/c14-9(3-7-1-2-19-6-10(7)15)13-11(17)4-8(16)5-12(13)18/h1-2,4-6,9H,3H2. The van der Waals surface area contributed by atoms with Gasteiger partial charge in [0.25, 0.3) is 0 Å². The Morgan fingerprint density at radius 3 is 2.37 bits per heavy atom. The summed E-state index contributed by atoms with van der Waals surface area (Å²) in [5, 5.41) is -0.628. The predicted octanol–water partition coefficient (Wildman–Crippen LogP) is 4.67. The second-order valence-electron chi connectivity index (χ2n) is 3.92. The van der Waals surface area contributed by atoms with Crippen molar-refractivity contribution in [2.45, 2.75) is 11.8 Å². The Labute approximate surface area is 118 Å². The fraction of sp³-hybridized carbons (Fsp3) is 0.154. The Hall–Kier alpha value is -1.26. The maximum absolute atomic E-state index is 13.6. The molecule has 19 heavy (non-hydrogen) atoms. The minimum Gasteiger partial charge on any atom is -0.263 e. The minimum absolute atomic E-state index is 0.113. The van der Waals surface area contributed by atoms with Crippen molar-refractivity contribution in [1.82, 2.24) is 4.98 Å². The summed E-state index contributed by atoms with van der Waals surface area (Å²) >= 11 is 11.9. The molecule has 0 amide bonds. The normalized spacial score (nSPS) is 12.5. The molecule has 1 aromatic heterocycles. The Balaban J connectivity index is 2.31. The molecule has 0 saturated carbocycles. The molecule has 0 fully saturated rings. The van der Waals surface area contributed by atoms with Crippen LogP contribution in [0.1, 0.15) is 16.5 Å². The van der Waals surface area contributed by atoms with Gasteiger partial charge in [0.05, 0.1) is 10.4 Å². The van der Waals surface area contributed by atoms with Gasteiger partial charge in [0.15, 0.2) is 0 Å². The summed E-state index contributed by atoms with van der Waals surface area (Å²) in [6.07, 6.45) is 3.03. The fourth-order valence-corrected chi connectivity index (χ4v) is 2.29. The van der Waals surface area contributed by atoms with Crippen molar-refractivity contribution in [3.8, 4) is 0 Å². The molecule has 1 aromatic carbocycles. The van der Waals surface area contributed by atoms with Gasteiger partial charge in [-0.15, -0.1) is 11.6 Å². The number of nitrogens with zero attached hydrogens (tertiary/aromatic N) is 1. The van der Waals surface area contributed by atoms with Crippen LogP contribution >= 0.6 is 23.2 Å². The van der Waals surface area contributed by atoms with Crippen LogP contribution in [-0.2, 0) is 6.42 Å². The molecular weight excluding hydrogens is 298 g/mol. The lowest BCUT2D eigenvalue weighted by molar-refractivity contribution is 0.520. The minimum atomic E-state index is -1.01. The number of rotatable bonds is 3. The largest absolute Gasteiger partial charge is 0.263 e. The maximum atomic E-state index is 13.6. The van der Waals surface area contributed by atoms with E-state index < -0.39 is 22.8 Å². The number of pyridine rings is 1. The van der Waals surface area contributed by atoms with Crippen LogP contribution in [0.5, 0.6) is 0 Å². The van der Waals surface area contributed by atoms with Crippen molar-refractivity contribution in [3.05, 3.63) is 64.2 Å². The van der Waals surface area contributed by atoms with Crippen LogP contribution in [0.2, 0.25) is 5.02 Å². The van der Waals surface area contributed by atoms with Crippen molar-refractivity contribution in [2.24, 2.45) is 0 Å². The SMILES string of the molecule is Fc1cc(F)c(C(Cl)Cc2ccncc2Cl)c(F)c1. The molecule has 2 rings (SSSR count). The predicted molar refractivity (Wildman–Crippen MR) is 67.9 cm³/mol. The Bertz CT molecular complexity index is 581. The molecule has 2 aromatic rings. The van der Waals surface area contributed by atoms with E-state index in [2.05, 4.69) is 4.98 Å². The zero-order chi connectivity index (χ0) is 14.0. The van der Waals surface area contributed by atoms with Crippen LogP contribution in [0.3, 0.4) is 0 Å². The highest BCUT2D eigenvalue weighted by Gasteiger charge is 2.20. The number of halogens is 5. The number of alkyl halides is 1. The quantitative estimate of drug-likeness (QED) is 0.751. The van der Waals surface area contributed by atoms with Crippen LogP contribution < -0.4 is 0 Å². The molecule has 1 heterocycles. The molecule has 0 aliphatic rings. The van der Waals surface area contributed by atoms with E-state index in [1.807, 2.05) is 0 Å². The number of benzene rings is 1. The first-order valence-corrected chi connectivity index (χ1v) is 6.17. The first-order valence-electron chi connectivity index (χ1n) is 5.36. The van der Waals surface area contributed by atoms with Crippen molar-refractivity contribution in [1.29, 1.82) is 0 Å². The number of aromatic nitrogens is 1. The van der Waals surface area contributed by atoms with Crippen molar-refractivity contribution >= 4 is 23.2 Å². The Morgan fingerprint density at radius 1 is 1.16 bits per heavy atom. The van der Waals surface area contributed by atoms with E-state index in [1.54, 1.807) is 6.07 Å². The highest BCUT2D eigenvalue weighted by Crippen LogP contribution is 2.31. The van der Waals surface area contributed by atoms with Crippen molar-refractivity contribution in [2.75, 3.05) is 0 Å². The van der Waals surface area contributed by atoms with E-state index in [4.69, 9.17) is 23.2 Å². The van der Waals surface area contributed by atoms with Gasteiger partial charge in [0.1, 0.15) is 17.5 Å². The van der Waals surface area contributed by atoms with E-state index in [9.17, 15) is 13.2 Å². The van der Waals surface area contributed by atoms with Gasteiger partial charge in [0, 0.05) is 30.1 Å². The third-order valence-electron chi connectivity index (χ3n) is 2.61. The third-order valence-corrected chi connectivity index (χ3v) is 3.33. The Morgan fingerprint density at radius 2 is 1.79 bits per heavy atom. The van der Waals surface area contributed by atoms with Gasteiger partial charge in [-0.1, -0.05) is 11.6 Å². The first-order chi connectivity index (χ1) is 8.99. The molecular formula is C13H8Cl2F3N. The van der Waals surface area contributed by atoms with Gasteiger partial charge >= 0.3 is 0 Å². The summed E-state index contributed by atoms with van der Waals surface area (Å²) in [7, 11) is 0. The average molecular weight is 306 g/mol. The van der Waals surface area contributed by atoms with E-state index in [0.717, 1.165) is 0 Å². The summed E-state index contributed by atoms with van der Waals surface area (Å²) in [6.45, 7) is 0. The van der Waals surface area contributed by atoms with Crippen molar-refractivity contribution in [3.63, 3.8) is 0 Å². The Kier molecular flexibility index (Phi) is 4.32. The lowest BCUT2D eigenvalue weighted by Gasteiger charge is -2.13. The lowest BCUT2D eigenvalue weighted by atomic mass is 10.0. The molecule has 0 spiro atoms. The average Bonchev–Trinajstić information content (AvgIpc) is 2.30. The second-order valence-corrected chi connectivity index (χ2v) is 4.86. The van der Waals surface area contributed by atoms with Crippen LogP contribution in [-0.4, -0.2) is 4.98 Å². The molecule has 0 aliphatic heterocycles. The van der Waals surface area contributed by atoms with Gasteiger partial charge in [-0.3, -0.25) is 4.98 Å². The molecule has 0 bridgehead atoms. The molecule has 100 valence electrons. The monoisotopic (exact) mass is 305 g/mol. The van der Waals surface area contributed by atoms with Crippen molar-refractivity contribution < 1.29 is 13.2 Å². The molecule has 0 saturated heterocycles. The molecule has 0 radical (unpaired) electrons. The molecule has 6 heteroatoms. The zero-order valence-corrected chi connectivity index (χ0v) is 11.0. The molecule has 0 N–H and O–H groups in total. The maximum Gasteiger partial charge on any atom is 0.133 e. The van der Waals surface area contributed by atoms with Gasteiger partial charge in [0.2, 0.25) is 0 Å². The number of hydrogen-bond donors (Lipinski definition) is 0. The summed E-state index contributed by atoms with van der Waals surface area (Å²) < 4.78 is 39.9. The van der Waals surface area contributed by atoms with Crippen LogP contribution in [0.4, 0.5) is 13.2 Å². The third kappa shape index (κ3) is 3.19. The smallest absolute Gasteiger partial charge is 0.133 e. The van der Waals surface area contributed by atoms with E-state index in [1.165, 1.54) is 12.4 Å². The molecule has 1 unspecified atom stereocenters. The van der Waals surface area contributed by atoms with Crippen LogP contribution in [0, 0.1) is 17.5 Å². The fourth-order valence-electron chi connectivity index (χ4n) is 1.72. The van der Waals surface area contributed by atoms with Gasteiger partial charge in [-0.2, -0.15) is 0 Å². The lowest BCUT2D eigenvalue weighted by Crippen LogP contribution is -2.04. The number of hydrogen-bond acceptors (Lipinski definition) is 1.